The number of rotatable bonds is 6. The molecule has 0 fully saturated rings. The van der Waals surface area contributed by atoms with Crippen molar-refractivity contribution < 1.29 is 4.39 Å². The first kappa shape index (κ1) is 14.7. The Labute approximate surface area is 126 Å². The minimum atomic E-state index is -0.159. The van der Waals surface area contributed by atoms with Crippen LogP contribution in [0.1, 0.15) is 17.4 Å². The molecule has 0 amide bonds. The van der Waals surface area contributed by atoms with E-state index in [1.165, 1.54) is 14.7 Å². The molecule has 1 nitrogen and oxygen atoms in total. The second kappa shape index (κ2) is 7.17. The van der Waals surface area contributed by atoms with Crippen molar-refractivity contribution >= 4 is 27.3 Å². The van der Waals surface area contributed by atoms with E-state index in [9.17, 15) is 4.39 Å². The largest absolute Gasteiger partial charge is 0.314 e. The van der Waals surface area contributed by atoms with Gasteiger partial charge in [0.25, 0.3) is 0 Å². The molecule has 0 spiro atoms. The van der Waals surface area contributed by atoms with Crippen LogP contribution in [0.4, 0.5) is 4.39 Å². The Morgan fingerprint density at radius 2 is 2.16 bits per heavy atom. The Bertz CT molecular complexity index is 526. The highest BCUT2D eigenvalue weighted by Gasteiger charge is 2.04. The van der Waals surface area contributed by atoms with Crippen LogP contribution < -0.4 is 5.32 Å². The molecule has 0 aliphatic heterocycles. The normalized spacial score (nSPS) is 12.6. The first-order valence-electron chi connectivity index (χ1n) is 6.35. The zero-order chi connectivity index (χ0) is 13.7. The SMILES string of the molecule is CC(Cc1cccc(F)c1)NCCc1ccc(Br)s1. The molecule has 0 aliphatic rings. The highest BCUT2D eigenvalue weighted by Crippen LogP contribution is 2.22. The lowest BCUT2D eigenvalue weighted by molar-refractivity contribution is 0.547. The predicted molar refractivity (Wildman–Crippen MR) is 83.3 cm³/mol. The Hall–Kier alpha value is -0.710. The molecule has 1 heterocycles. The molecule has 0 radical (unpaired) electrons. The van der Waals surface area contributed by atoms with E-state index in [2.05, 4.69) is 40.3 Å². The number of nitrogens with one attached hydrogen (secondary N) is 1. The fourth-order valence-electron chi connectivity index (χ4n) is 2.02. The molecule has 0 saturated carbocycles. The van der Waals surface area contributed by atoms with E-state index in [1.54, 1.807) is 23.5 Å². The summed E-state index contributed by atoms with van der Waals surface area (Å²) in [5, 5.41) is 3.48. The van der Waals surface area contributed by atoms with Gasteiger partial charge in [-0.3, -0.25) is 0 Å². The second-order valence-corrected chi connectivity index (χ2v) is 7.19. The maximum Gasteiger partial charge on any atom is 0.123 e. The summed E-state index contributed by atoms with van der Waals surface area (Å²) in [4.78, 5) is 1.37. The third kappa shape index (κ3) is 5.05. The van der Waals surface area contributed by atoms with Gasteiger partial charge in [0.05, 0.1) is 3.79 Å². The minimum absolute atomic E-state index is 0.159. The van der Waals surface area contributed by atoms with E-state index >= 15 is 0 Å². The van der Waals surface area contributed by atoms with Crippen LogP contribution in [0, 0.1) is 5.82 Å². The average molecular weight is 342 g/mol. The van der Waals surface area contributed by atoms with Gasteiger partial charge in [-0.25, -0.2) is 4.39 Å². The summed E-state index contributed by atoms with van der Waals surface area (Å²) in [6.45, 7) is 3.08. The standard InChI is InChI=1S/C15H17BrFNS/c1-11(9-12-3-2-4-13(17)10-12)18-8-7-14-5-6-15(16)19-14/h2-6,10-11,18H,7-9H2,1H3. The number of halogens is 2. The Morgan fingerprint density at radius 1 is 1.32 bits per heavy atom. The lowest BCUT2D eigenvalue weighted by atomic mass is 10.1. The zero-order valence-corrected chi connectivity index (χ0v) is 13.2. The van der Waals surface area contributed by atoms with Crippen LogP contribution in [-0.2, 0) is 12.8 Å². The molecule has 102 valence electrons. The molecule has 0 aliphatic carbocycles. The van der Waals surface area contributed by atoms with Crippen molar-refractivity contribution in [3.8, 4) is 0 Å². The van der Waals surface area contributed by atoms with Gasteiger partial charge in [0, 0.05) is 17.5 Å². The first-order chi connectivity index (χ1) is 9.13. The van der Waals surface area contributed by atoms with Gasteiger partial charge in [-0.1, -0.05) is 12.1 Å². The van der Waals surface area contributed by atoms with Crippen molar-refractivity contribution in [3.63, 3.8) is 0 Å². The Balaban J connectivity index is 1.74. The fraction of sp³-hybridized carbons (Fsp3) is 0.333. The highest BCUT2D eigenvalue weighted by molar-refractivity contribution is 9.11. The quantitative estimate of drug-likeness (QED) is 0.820. The third-order valence-electron chi connectivity index (χ3n) is 2.92. The van der Waals surface area contributed by atoms with Crippen molar-refractivity contribution in [2.24, 2.45) is 0 Å². The maximum atomic E-state index is 13.1. The minimum Gasteiger partial charge on any atom is -0.314 e. The van der Waals surface area contributed by atoms with Gasteiger partial charge in [-0.05, 0) is 65.5 Å². The van der Waals surface area contributed by atoms with Crippen LogP contribution in [-0.4, -0.2) is 12.6 Å². The Kier molecular flexibility index (Phi) is 5.55. The molecule has 4 heteroatoms. The molecule has 0 bridgehead atoms. The van der Waals surface area contributed by atoms with Gasteiger partial charge in [0.2, 0.25) is 0 Å². The summed E-state index contributed by atoms with van der Waals surface area (Å²) in [5.74, 6) is -0.159. The van der Waals surface area contributed by atoms with Gasteiger partial charge in [-0.2, -0.15) is 0 Å². The molecule has 1 aromatic heterocycles. The second-order valence-electron chi connectivity index (χ2n) is 4.65. The van der Waals surface area contributed by atoms with Crippen LogP contribution in [0.5, 0.6) is 0 Å². The van der Waals surface area contributed by atoms with E-state index in [0.717, 1.165) is 24.9 Å². The number of benzene rings is 1. The molecular formula is C15H17BrFNS. The van der Waals surface area contributed by atoms with Crippen LogP contribution in [0.3, 0.4) is 0 Å². The maximum absolute atomic E-state index is 13.1. The molecule has 1 N–H and O–H groups in total. The van der Waals surface area contributed by atoms with Crippen LogP contribution in [0.2, 0.25) is 0 Å². The average Bonchev–Trinajstić information content (AvgIpc) is 2.75. The molecule has 2 rings (SSSR count). The van der Waals surface area contributed by atoms with Crippen molar-refractivity contribution in [1.29, 1.82) is 0 Å². The molecule has 19 heavy (non-hydrogen) atoms. The van der Waals surface area contributed by atoms with Gasteiger partial charge < -0.3 is 5.32 Å². The summed E-state index contributed by atoms with van der Waals surface area (Å²) >= 11 is 5.24. The van der Waals surface area contributed by atoms with Gasteiger partial charge in [-0.15, -0.1) is 11.3 Å². The smallest absolute Gasteiger partial charge is 0.123 e. The Morgan fingerprint density at radius 3 is 2.84 bits per heavy atom. The van der Waals surface area contributed by atoms with Crippen molar-refractivity contribution in [2.45, 2.75) is 25.8 Å². The molecule has 1 atom stereocenters. The topological polar surface area (TPSA) is 12.0 Å². The van der Waals surface area contributed by atoms with E-state index in [1.807, 2.05) is 6.07 Å². The third-order valence-corrected chi connectivity index (χ3v) is 4.61. The summed E-state index contributed by atoms with van der Waals surface area (Å²) < 4.78 is 14.2. The van der Waals surface area contributed by atoms with Crippen molar-refractivity contribution in [3.05, 3.63) is 56.4 Å². The van der Waals surface area contributed by atoms with E-state index in [0.29, 0.717) is 6.04 Å². The monoisotopic (exact) mass is 341 g/mol. The molecule has 2 aromatic rings. The summed E-state index contributed by atoms with van der Waals surface area (Å²) in [6.07, 6.45) is 1.88. The van der Waals surface area contributed by atoms with Crippen LogP contribution >= 0.6 is 27.3 Å². The fourth-order valence-corrected chi connectivity index (χ4v) is 3.50. The van der Waals surface area contributed by atoms with Crippen molar-refractivity contribution in [2.75, 3.05) is 6.54 Å². The van der Waals surface area contributed by atoms with Gasteiger partial charge >= 0.3 is 0 Å². The van der Waals surface area contributed by atoms with E-state index in [4.69, 9.17) is 0 Å². The highest BCUT2D eigenvalue weighted by atomic mass is 79.9. The predicted octanol–water partition coefficient (Wildman–Crippen LogP) is 4.41. The van der Waals surface area contributed by atoms with Crippen LogP contribution in [0.15, 0.2) is 40.2 Å². The van der Waals surface area contributed by atoms with E-state index in [-0.39, 0.29) is 5.82 Å². The number of thiophene rings is 1. The lowest BCUT2D eigenvalue weighted by Gasteiger charge is -2.13. The van der Waals surface area contributed by atoms with Gasteiger partial charge in [0.15, 0.2) is 0 Å². The number of hydrogen-bond donors (Lipinski definition) is 1. The van der Waals surface area contributed by atoms with Crippen LogP contribution in [0.25, 0.3) is 0 Å². The van der Waals surface area contributed by atoms with E-state index < -0.39 is 0 Å². The molecule has 1 aromatic carbocycles. The summed E-state index contributed by atoms with van der Waals surface area (Å²) in [7, 11) is 0. The molecule has 1 unspecified atom stereocenters. The lowest BCUT2D eigenvalue weighted by Crippen LogP contribution is -2.29. The van der Waals surface area contributed by atoms with Gasteiger partial charge in [0.1, 0.15) is 5.82 Å². The first-order valence-corrected chi connectivity index (χ1v) is 7.96. The van der Waals surface area contributed by atoms with Crippen molar-refractivity contribution in [1.82, 2.24) is 5.32 Å². The molecule has 0 saturated heterocycles. The summed E-state index contributed by atoms with van der Waals surface area (Å²) in [5.41, 5.74) is 1.04. The summed E-state index contributed by atoms with van der Waals surface area (Å²) in [6, 6.07) is 11.4. The zero-order valence-electron chi connectivity index (χ0n) is 10.8. The number of hydrogen-bond acceptors (Lipinski definition) is 2. The molecular weight excluding hydrogens is 325 g/mol.